The first-order valence-electron chi connectivity index (χ1n) is 6.60. The number of hydrogen-bond donors (Lipinski definition) is 0. The SMILES string of the molecule is COc1ccc(-c2ccc(OC)c(C)c2OC)c(OC)c1. The Hall–Kier alpha value is -2.36. The molecule has 2 aromatic rings. The van der Waals surface area contributed by atoms with E-state index in [2.05, 4.69) is 0 Å². The summed E-state index contributed by atoms with van der Waals surface area (Å²) in [6, 6.07) is 9.61. The molecule has 4 heteroatoms. The molecule has 0 aliphatic rings. The summed E-state index contributed by atoms with van der Waals surface area (Å²) in [6.07, 6.45) is 0. The van der Waals surface area contributed by atoms with Crippen molar-refractivity contribution in [2.24, 2.45) is 0 Å². The number of benzene rings is 2. The van der Waals surface area contributed by atoms with Gasteiger partial charge in [0, 0.05) is 22.8 Å². The molecule has 2 aromatic carbocycles. The van der Waals surface area contributed by atoms with Gasteiger partial charge in [0.1, 0.15) is 23.0 Å². The molecule has 112 valence electrons. The van der Waals surface area contributed by atoms with Gasteiger partial charge in [-0.3, -0.25) is 0 Å². The molecular formula is C17H20O4. The third-order valence-electron chi connectivity index (χ3n) is 3.48. The lowest BCUT2D eigenvalue weighted by Crippen LogP contribution is -1.97. The van der Waals surface area contributed by atoms with E-state index < -0.39 is 0 Å². The third-order valence-corrected chi connectivity index (χ3v) is 3.48. The molecule has 0 saturated heterocycles. The fraction of sp³-hybridized carbons (Fsp3) is 0.294. The Labute approximate surface area is 125 Å². The largest absolute Gasteiger partial charge is 0.497 e. The Balaban J connectivity index is 2.64. The molecule has 0 fully saturated rings. The van der Waals surface area contributed by atoms with Crippen molar-refractivity contribution in [1.82, 2.24) is 0 Å². The lowest BCUT2D eigenvalue weighted by Gasteiger charge is -2.17. The maximum Gasteiger partial charge on any atom is 0.133 e. The van der Waals surface area contributed by atoms with Crippen LogP contribution in [-0.2, 0) is 0 Å². The zero-order chi connectivity index (χ0) is 15.4. The fourth-order valence-corrected chi connectivity index (χ4v) is 2.39. The molecule has 0 aliphatic carbocycles. The van der Waals surface area contributed by atoms with Gasteiger partial charge in [0.2, 0.25) is 0 Å². The Morgan fingerprint density at radius 3 is 1.90 bits per heavy atom. The molecule has 0 unspecified atom stereocenters. The average molecular weight is 288 g/mol. The van der Waals surface area contributed by atoms with E-state index in [1.54, 1.807) is 28.4 Å². The van der Waals surface area contributed by atoms with Crippen molar-refractivity contribution < 1.29 is 18.9 Å². The number of rotatable bonds is 5. The van der Waals surface area contributed by atoms with Crippen molar-refractivity contribution in [1.29, 1.82) is 0 Å². The molecule has 0 aliphatic heterocycles. The number of ether oxygens (including phenoxy) is 4. The second kappa shape index (κ2) is 6.39. The van der Waals surface area contributed by atoms with Crippen LogP contribution in [0.15, 0.2) is 30.3 Å². The maximum absolute atomic E-state index is 5.56. The molecule has 2 rings (SSSR count). The molecule has 0 N–H and O–H groups in total. The molecule has 0 atom stereocenters. The lowest BCUT2D eigenvalue weighted by molar-refractivity contribution is 0.387. The molecule has 21 heavy (non-hydrogen) atoms. The van der Waals surface area contributed by atoms with Crippen molar-refractivity contribution in [2.45, 2.75) is 6.92 Å². The van der Waals surface area contributed by atoms with Crippen molar-refractivity contribution in [2.75, 3.05) is 28.4 Å². The highest BCUT2D eigenvalue weighted by atomic mass is 16.5. The Bertz CT molecular complexity index is 635. The van der Waals surface area contributed by atoms with E-state index >= 15 is 0 Å². The molecule has 0 saturated carbocycles. The monoisotopic (exact) mass is 288 g/mol. The minimum Gasteiger partial charge on any atom is -0.497 e. The van der Waals surface area contributed by atoms with Gasteiger partial charge in [-0.15, -0.1) is 0 Å². The van der Waals surface area contributed by atoms with Gasteiger partial charge < -0.3 is 18.9 Å². The van der Waals surface area contributed by atoms with Crippen LogP contribution in [0.4, 0.5) is 0 Å². The van der Waals surface area contributed by atoms with Gasteiger partial charge in [0.05, 0.1) is 28.4 Å². The first-order valence-corrected chi connectivity index (χ1v) is 6.60. The normalized spacial score (nSPS) is 10.1. The molecular weight excluding hydrogens is 268 g/mol. The summed E-state index contributed by atoms with van der Waals surface area (Å²) in [7, 11) is 6.57. The summed E-state index contributed by atoms with van der Waals surface area (Å²) in [4.78, 5) is 0. The molecule has 4 nitrogen and oxygen atoms in total. The van der Waals surface area contributed by atoms with Crippen LogP contribution < -0.4 is 18.9 Å². The number of hydrogen-bond acceptors (Lipinski definition) is 4. The van der Waals surface area contributed by atoms with Crippen molar-refractivity contribution in [3.63, 3.8) is 0 Å². The van der Waals surface area contributed by atoms with Crippen LogP contribution in [0.1, 0.15) is 5.56 Å². The topological polar surface area (TPSA) is 36.9 Å². The van der Waals surface area contributed by atoms with Gasteiger partial charge in [-0.2, -0.15) is 0 Å². The Morgan fingerprint density at radius 2 is 1.33 bits per heavy atom. The summed E-state index contributed by atoms with van der Waals surface area (Å²) < 4.78 is 21.6. The minimum absolute atomic E-state index is 0.734. The van der Waals surface area contributed by atoms with E-state index in [9.17, 15) is 0 Å². The number of methoxy groups -OCH3 is 4. The quantitative estimate of drug-likeness (QED) is 0.840. The molecule has 0 heterocycles. The van der Waals surface area contributed by atoms with Gasteiger partial charge in [-0.1, -0.05) is 0 Å². The van der Waals surface area contributed by atoms with E-state index in [4.69, 9.17) is 18.9 Å². The van der Waals surface area contributed by atoms with Gasteiger partial charge in [-0.25, -0.2) is 0 Å². The molecule has 0 spiro atoms. The Morgan fingerprint density at radius 1 is 0.667 bits per heavy atom. The van der Waals surface area contributed by atoms with Gasteiger partial charge >= 0.3 is 0 Å². The average Bonchev–Trinajstić information content (AvgIpc) is 2.53. The highest BCUT2D eigenvalue weighted by Gasteiger charge is 2.16. The summed E-state index contributed by atoms with van der Waals surface area (Å²) in [5.41, 5.74) is 2.85. The molecule has 0 amide bonds. The summed E-state index contributed by atoms with van der Waals surface area (Å²) in [5, 5.41) is 0. The van der Waals surface area contributed by atoms with E-state index in [0.29, 0.717) is 0 Å². The maximum atomic E-state index is 5.56. The molecule has 0 radical (unpaired) electrons. The second-order valence-electron chi connectivity index (χ2n) is 4.54. The molecule has 0 bridgehead atoms. The third kappa shape index (κ3) is 2.75. The predicted octanol–water partition coefficient (Wildman–Crippen LogP) is 3.70. The van der Waals surface area contributed by atoms with E-state index in [0.717, 1.165) is 39.7 Å². The van der Waals surface area contributed by atoms with Crippen LogP contribution in [0, 0.1) is 6.92 Å². The zero-order valence-corrected chi connectivity index (χ0v) is 13.0. The standard InChI is InChI=1S/C17H20O4/c1-11-15(19-3)9-8-14(17(11)21-5)13-7-6-12(18-2)10-16(13)20-4/h6-10H,1-5H3. The van der Waals surface area contributed by atoms with E-state index in [1.165, 1.54) is 0 Å². The van der Waals surface area contributed by atoms with Crippen molar-refractivity contribution in [3.05, 3.63) is 35.9 Å². The van der Waals surface area contributed by atoms with Crippen LogP contribution in [-0.4, -0.2) is 28.4 Å². The van der Waals surface area contributed by atoms with Crippen LogP contribution in [0.25, 0.3) is 11.1 Å². The van der Waals surface area contributed by atoms with Crippen LogP contribution in [0.2, 0.25) is 0 Å². The van der Waals surface area contributed by atoms with Crippen LogP contribution >= 0.6 is 0 Å². The van der Waals surface area contributed by atoms with Gasteiger partial charge in [-0.05, 0) is 31.2 Å². The highest BCUT2D eigenvalue weighted by Crippen LogP contribution is 2.42. The minimum atomic E-state index is 0.734. The lowest BCUT2D eigenvalue weighted by atomic mass is 10.00. The van der Waals surface area contributed by atoms with E-state index in [1.807, 2.05) is 37.3 Å². The van der Waals surface area contributed by atoms with Crippen LogP contribution in [0.3, 0.4) is 0 Å². The summed E-state index contributed by atoms with van der Waals surface area (Å²) in [6.45, 7) is 1.97. The zero-order valence-electron chi connectivity index (χ0n) is 13.0. The van der Waals surface area contributed by atoms with E-state index in [-0.39, 0.29) is 0 Å². The Kier molecular flexibility index (Phi) is 4.58. The molecule has 0 aromatic heterocycles. The fourth-order valence-electron chi connectivity index (χ4n) is 2.39. The first-order chi connectivity index (χ1) is 10.2. The predicted molar refractivity (Wildman–Crippen MR) is 82.8 cm³/mol. The second-order valence-corrected chi connectivity index (χ2v) is 4.54. The first kappa shape index (κ1) is 15.0. The van der Waals surface area contributed by atoms with Gasteiger partial charge in [0.25, 0.3) is 0 Å². The smallest absolute Gasteiger partial charge is 0.133 e. The summed E-state index contributed by atoms with van der Waals surface area (Å²) >= 11 is 0. The van der Waals surface area contributed by atoms with Crippen molar-refractivity contribution >= 4 is 0 Å². The van der Waals surface area contributed by atoms with Gasteiger partial charge in [0.15, 0.2) is 0 Å². The highest BCUT2D eigenvalue weighted by molar-refractivity contribution is 5.79. The summed E-state index contributed by atoms with van der Waals surface area (Å²) in [5.74, 6) is 3.05. The van der Waals surface area contributed by atoms with Crippen molar-refractivity contribution in [3.8, 4) is 34.1 Å². The van der Waals surface area contributed by atoms with Crippen LogP contribution in [0.5, 0.6) is 23.0 Å².